The number of fused-ring (bicyclic) bond motifs is 1. The van der Waals surface area contributed by atoms with Gasteiger partial charge in [0.2, 0.25) is 11.8 Å². The van der Waals surface area contributed by atoms with Crippen LogP contribution in [0.25, 0.3) is 5.69 Å². The minimum absolute atomic E-state index is 0.0455. The summed E-state index contributed by atoms with van der Waals surface area (Å²) >= 11 is 0. The van der Waals surface area contributed by atoms with Crippen molar-refractivity contribution < 1.29 is 14.6 Å². The molecule has 0 unspecified atom stereocenters. The fourth-order valence-electron chi connectivity index (χ4n) is 4.10. The van der Waals surface area contributed by atoms with Crippen LogP contribution in [-0.4, -0.2) is 38.6 Å². The third-order valence-corrected chi connectivity index (χ3v) is 5.49. The second-order valence-corrected chi connectivity index (χ2v) is 7.32. The van der Waals surface area contributed by atoms with Gasteiger partial charge in [-0.3, -0.25) is 14.6 Å². The maximum atomic E-state index is 12.9. The first-order valence-corrected chi connectivity index (χ1v) is 10.1. The first kappa shape index (κ1) is 20.5. The first-order chi connectivity index (χ1) is 14.9. The Kier molecular flexibility index (Phi) is 5.37. The second kappa shape index (κ2) is 8.14. The largest absolute Gasteiger partial charge is 0.494 e. The fourth-order valence-corrected chi connectivity index (χ4v) is 4.10. The summed E-state index contributed by atoms with van der Waals surface area (Å²) in [6, 6.07) is 13.3. The highest BCUT2D eigenvalue weighted by Crippen LogP contribution is 2.37. The lowest BCUT2D eigenvalue weighted by Gasteiger charge is -2.36. The summed E-state index contributed by atoms with van der Waals surface area (Å²) in [4.78, 5) is 41.7. The number of hydrogen-bond donors (Lipinski definition) is 2. The molecular weight excluding hydrogens is 398 g/mol. The highest BCUT2D eigenvalue weighted by Gasteiger charge is 2.35. The Morgan fingerprint density at radius 1 is 1.16 bits per heavy atom. The predicted molar refractivity (Wildman–Crippen MR) is 115 cm³/mol. The van der Waals surface area contributed by atoms with Gasteiger partial charge in [0.15, 0.2) is 0 Å². The molecule has 1 atom stereocenters. The van der Waals surface area contributed by atoms with Gasteiger partial charge in [0.25, 0.3) is 5.56 Å². The number of ether oxygens (including phenoxy) is 1. The number of carbonyl (C=O) groups excluding carboxylic acids is 1. The van der Waals surface area contributed by atoms with E-state index >= 15 is 0 Å². The Bertz CT molecular complexity index is 1240. The minimum atomic E-state index is -0.805. The Labute approximate surface area is 178 Å². The predicted octanol–water partition coefficient (Wildman–Crippen LogP) is 2.12. The van der Waals surface area contributed by atoms with Gasteiger partial charge >= 0.3 is 5.69 Å². The lowest BCUT2D eigenvalue weighted by atomic mass is 9.89. The van der Waals surface area contributed by atoms with Gasteiger partial charge in [0, 0.05) is 13.5 Å². The van der Waals surface area contributed by atoms with E-state index in [9.17, 15) is 19.5 Å². The van der Waals surface area contributed by atoms with E-state index < -0.39 is 23.2 Å². The summed E-state index contributed by atoms with van der Waals surface area (Å²) in [6.45, 7) is 4.18. The standard InChI is InChI=1S/C23H23N3O5/c1-3-31-17-10-8-16(9-11-17)26-22(29)19(21(28)24-23(26)30)20-18-7-5-4-6-15(18)12-13-25(20)14(2)27/h4-11,20,29H,3,12-13H2,1-2H3,(H,24,28,30)/t20-/m1/s1. The van der Waals surface area contributed by atoms with Crippen molar-refractivity contribution in [3.63, 3.8) is 0 Å². The molecule has 0 radical (unpaired) electrons. The molecule has 8 nitrogen and oxygen atoms in total. The Morgan fingerprint density at radius 2 is 1.87 bits per heavy atom. The van der Waals surface area contributed by atoms with Crippen LogP contribution in [-0.2, 0) is 11.2 Å². The SMILES string of the molecule is CCOc1ccc(-n2c(O)c([C@H]3c4ccccc4CCN3C(C)=O)c(=O)[nH]c2=O)cc1. The Morgan fingerprint density at radius 3 is 2.55 bits per heavy atom. The van der Waals surface area contributed by atoms with E-state index in [2.05, 4.69) is 4.98 Å². The van der Waals surface area contributed by atoms with Crippen molar-refractivity contribution in [2.45, 2.75) is 26.3 Å². The van der Waals surface area contributed by atoms with Gasteiger partial charge in [-0.15, -0.1) is 0 Å². The lowest BCUT2D eigenvalue weighted by molar-refractivity contribution is -0.130. The van der Waals surface area contributed by atoms with Crippen molar-refractivity contribution in [2.24, 2.45) is 0 Å². The second-order valence-electron chi connectivity index (χ2n) is 7.32. The summed E-state index contributed by atoms with van der Waals surface area (Å²) in [5.74, 6) is -0.101. The summed E-state index contributed by atoms with van der Waals surface area (Å²) in [5.41, 5.74) is 0.563. The molecule has 2 heterocycles. The quantitative estimate of drug-likeness (QED) is 0.672. The molecule has 3 aromatic rings. The van der Waals surface area contributed by atoms with Crippen molar-refractivity contribution in [1.82, 2.24) is 14.5 Å². The number of carbonyl (C=O) groups is 1. The summed E-state index contributed by atoms with van der Waals surface area (Å²) in [6.07, 6.45) is 0.642. The zero-order valence-corrected chi connectivity index (χ0v) is 17.3. The van der Waals surface area contributed by atoms with E-state index in [0.717, 1.165) is 15.7 Å². The summed E-state index contributed by atoms with van der Waals surface area (Å²) in [5, 5.41) is 11.1. The molecule has 1 aliphatic rings. The average molecular weight is 421 g/mol. The molecule has 2 aromatic carbocycles. The molecule has 0 bridgehead atoms. The fraction of sp³-hybridized carbons (Fsp3) is 0.261. The van der Waals surface area contributed by atoms with Crippen LogP contribution in [0.1, 0.15) is 36.6 Å². The molecule has 2 N–H and O–H groups in total. The zero-order valence-electron chi connectivity index (χ0n) is 17.3. The van der Waals surface area contributed by atoms with Gasteiger partial charge in [-0.2, -0.15) is 0 Å². The molecule has 0 saturated heterocycles. The van der Waals surface area contributed by atoms with Crippen molar-refractivity contribution in [3.8, 4) is 17.3 Å². The van der Waals surface area contributed by atoms with Gasteiger partial charge < -0.3 is 14.7 Å². The van der Waals surface area contributed by atoms with Crippen molar-refractivity contribution in [1.29, 1.82) is 0 Å². The van der Waals surface area contributed by atoms with Crippen molar-refractivity contribution in [2.75, 3.05) is 13.2 Å². The monoisotopic (exact) mass is 421 g/mol. The number of amides is 1. The van der Waals surface area contributed by atoms with Gasteiger partial charge in [0.1, 0.15) is 11.3 Å². The smallest absolute Gasteiger partial charge is 0.335 e. The molecule has 160 valence electrons. The molecule has 8 heteroatoms. The molecular formula is C23H23N3O5. The number of nitrogens with one attached hydrogen (secondary N) is 1. The van der Waals surface area contributed by atoms with Gasteiger partial charge in [-0.1, -0.05) is 24.3 Å². The first-order valence-electron chi connectivity index (χ1n) is 10.1. The molecule has 0 aliphatic carbocycles. The maximum Gasteiger partial charge on any atom is 0.335 e. The Hall–Kier alpha value is -3.81. The number of hydrogen-bond acceptors (Lipinski definition) is 5. The topological polar surface area (TPSA) is 105 Å². The van der Waals surface area contributed by atoms with Crippen LogP contribution < -0.4 is 16.0 Å². The summed E-state index contributed by atoms with van der Waals surface area (Å²) in [7, 11) is 0. The van der Waals surface area contributed by atoms with Crippen LogP contribution in [0, 0.1) is 0 Å². The molecule has 1 amide bonds. The van der Waals surface area contributed by atoms with Crippen LogP contribution >= 0.6 is 0 Å². The molecule has 0 spiro atoms. The number of H-pyrrole nitrogens is 1. The third kappa shape index (κ3) is 3.61. The van der Waals surface area contributed by atoms with E-state index in [1.54, 1.807) is 29.2 Å². The van der Waals surface area contributed by atoms with Crippen molar-refractivity contribution in [3.05, 3.63) is 86.1 Å². The molecule has 0 fully saturated rings. The van der Waals surface area contributed by atoms with E-state index in [1.165, 1.54) is 6.92 Å². The van der Waals surface area contributed by atoms with Gasteiger partial charge in [-0.25, -0.2) is 9.36 Å². The molecule has 31 heavy (non-hydrogen) atoms. The highest BCUT2D eigenvalue weighted by molar-refractivity contribution is 5.75. The maximum absolute atomic E-state index is 12.9. The zero-order chi connectivity index (χ0) is 22.1. The number of nitrogens with zero attached hydrogens (tertiary/aromatic N) is 2. The highest BCUT2D eigenvalue weighted by atomic mass is 16.5. The third-order valence-electron chi connectivity index (χ3n) is 5.49. The molecule has 1 aromatic heterocycles. The number of aromatic amines is 1. The van der Waals surface area contributed by atoms with Gasteiger partial charge in [-0.05, 0) is 48.7 Å². The van der Waals surface area contributed by atoms with E-state index in [-0.39, 0.29) is 11.5 Å². The van der Waals surface area contributed by atoms with Crippen LogP contribution in [0.4, 0.5) is 0 Å². The summed E-state index contributed by atoms with van der Waals surface area (Å²) < 4.78 is 6.45. The Balaban J connectivity index is 1.93. The molecule has 1 aliphatic heterocycles. The van der Waals surface area contributed by atoms with Gasteiger partial charge in [0.05, 0.1) is 18.3 Å². The lowest BCUT2D eigenvalue weighted by Crippen LogP contribution is -2.43. The van der Waals surface area contributed by atoms with E-state index in [4.69, 9.17) is 4.74 Å². The molecule has 4 rings (SSSR count). The normalized spacial score (nSPS) is 15.4. The number of aromatic nitrogens is 2. The van der Waals surface area contributed by atoms with Crippen LogP contribution in [0.5, 0.6) is 11.6 Å². The number of aromatic hydroxyl groups is 1. The van der Waals surface area contributed by atoms with Crippen molar-refractivity contribution >= 4 is 5.91 Å². The van der Waals surface area contributed by atoms with E-state index in [0.29, 0.717) is 31.0 Å². The van der Waals surface area contributed by atoms with E-state index in [1.807, 2.05) is 31.2 Å². The average Bonchev–Trinajstić information content (AvgIpc) is 2.74. The minimum Gasteiger partial charge on any atom is -0.494 e. The van der Waals surface area contributed by atoms with Crippen LogP contribution in [0.3, 0.4) is 0 Å². The van der Waals surface area contributed by atoms with Crippen LogP contribution in [0.2, 0.25) is 0 Å². The van der Waals surface area contributed by atoms with Crippen LogP contribution in [0.15, 0.2) is 58.1 Å². The number of benzene rings is 2. The molecule has 0 saturated carbocycles. The number of rotatable bonds is 4.